The van der Waals surface area contributed by atoms with Gasteiger partial charge in [-0.1, -0.05) is 61.3 Å². The number of amides is 2. The minimum absolute atomic E-state index is 0.0241. The van der Waals surface area contributed by atoms with Crippen LogP contribution in [0.4, 0.5) is 5.69 Å². The molecule has 0 spiro atoms. The van der Waals surface area contributed by atoms with Crippen molar-refractivity contribution in [3.05, 3.63) is 87.4 Å². The van der Waals surface area contributed by atoms with E-state index >= 15 is 0 Å². The Morgan fingerprint density at radius 2 is 1.73 bits per heavy atom. The molecule has 0 aliphatic rings. The first-order valence-corrected chi connectivity index (χ1v) is 15.9. The second-order valence-electron chi connectivity index (χ2n) is 9.47. The maximum absolute atomic E-state index is 14.1. The molecule has 1 atom stereocenters. The Hall–Kier alpha value is -3.08. The molecule has 3 rings (SSSR count). The zero-order chi connectivity index (χ0) is 30.2. The standard InChI is InChI=1S/C30H35BrClN3O5S/c1-5-17-33-30(37)27(6-2)34(19-22-9-7-8-10-26(22)32)29(36)20-35(23-13-11-21(3)12-14-23)41(38,39)24-15-16-28(40-4)25(31)18-24/h7-16,18,27H,5-6,17,19-20H2,1-4H3,(H,33,37). The van der Waals surface area contributed by atoms with Crippen molar-refractivity contribution in [2.45, 2.75) is 51.1 Å². The molecule has 1 N–H and O–H groups in total. The van der Waals surface area contributed by atoms with Crippen LogP contribution >= 0.6 is 27.5 Å². The molecule has 0 aliphatic heterocycles. The molecule has 0 aromatic heterocycles. The van der Waals surface area contributed by atoms with E-state index in [4.69, 9.17) is 16.3 Å². The van der Waals surface area contributed by atoms with Gasteiger partial charge >= 0.3 is 0 Å². The molecule has 3 aromatic rings. The van der Waals surface area contributed by atoms with Gasteiger partial charge < -0.3 is 15.0 Å². The summed E-state index contributed by atoms with van der Waals surface area (Å²) >= 11 is 9.79. The monoisotopic (exact) mass is 663 g/mol. The molecule has 220 valence electrons. The Balaban J connectivity index is 2.08. The topological polar surface area (TPSA) is 96.0 Å². The van der Waals surface area contributed by atoms with Crippen molar-refractivity contribution in [2.75, 3.05) is 24.5 Å². The van der Waals surface area contributed by atoms with Crippen LogP contribution in [-0.4, -0.2) is 51.4 Å². The molecule has 41 heavy (non-hydrogen) atoms. The highest BCUT2D eigenvalue weighted by atomic mass is 79.9. The molecule has 2 amide bonds. The molecule has 8 nitrogen and oxygen atoms in total. The molecule has 0 aliphatic carbocycles. The van der Waals surface area contributed by atoms with Crippen LogP contribution in [0, 0.1) is 6.92 Å². The molecule has 0 fully saturated rings. The van der Waals surface area contributed by atoms with Crippen LogP contribution in [0.3, 0.4) is 0 Å². The third kappa shape index (κ3) is 8.02. The van der Waals surface area contributed by atoms with Crippen LogP contribution in [-0.2, 0) is 26.2 Å². The Morgan fingerprint density at radius 1 is 1.05 bits per heavy atom. The van der Waals surface area contributed by atoms with Crippen LogP contribution in [0.5, 0.6) is 5.75 Å². The third-order valence-electron chi connectivity index (χ3n) is 6.55. The minimum atomic E-state index is -4.22. The van der Waals surface area contributed by atoms with Crippen LogP contribution in [0.25, 0.3) is 0 Å². The highest BCUT2D eigenvalue weighted by Gasteiger charge is 2.34. The average molecular weight is 665 g/mol. The SMILES string of the molecule is CCCNC(=O)C(CC)N(Cc1ccccc1Cl)C(=O)CN(c1ccc(C)cc1)S(=O)(=O)c1ccc(OC)c(Br)c1. The zero-order valence-electron chi connectivity index (χ0n) is 23.6. The van der Waals surface area contributed by atoms with Crippen molar-refractivity contribution >= 4 is 55.1 Å². The number of nitrogens with one attached hydrogen (secondary N) is 1. The van der Waals surface area contributed by atoms with Crippen molar-refractivity contribution < 1.29 is 22.7 Å². The number of carbonyl (C=O) groups excluding carboxylic acids is 2. The molecule has 0 bridgehead atoms. The van der Waals surface area contributed by atoms with E-state index in [1.54, 1.807) is 54.6 Å². The highest BCUT2D eigenvalue weighted by molar-refractivity contribution is 9.10. The first-order valence-electron chi connectivity index (χ1n) is 13.3. The lowest BCUT2D eigenvalue weighted by Gasteiger charge is -2.33. The molecular weight excluding hydrogens is 630 g/mol. The first kappa shape index (κ1) is 32.4. The summed E-state index contributed by atoms with van der Waals surface area (Å²) in [6.45, 7) is 5.60. The third-order valence-corrected chi connectivity index (χ3v) is 9.30. The summed E-state index contributed by atoms with van der Waals surface area (Å²) in [6.07, 6.45) is 1.06. The number of carbonyl (C=O) groups is 2. The molecule has 0 saturated carbocycles. The van der Waals surface area contributed by atoms with Crippen molar-refractivity contribution in [3.8, 4) is 5.75 Å². The van der Waals surface area contributed by atoms with E-state index in [2.05, 4.69) is 21.2 Å². The summed E-state index contributed by atoms with van der Waals surface area (Å²) in [5, 5.41) is 3.31. The van der Waals surface area contributed by atoms with E-state index in [0.29, 0.717) is 39.5 Å². The quantitative estimate of drug-likeness (QED) is 0.244. The number of anilines is 1. The fourth-order valence-electron chi connectivity index (χ4n) is 4.27. The lowest BCUT2D eigenvalue weighted by atomic mass is 10.1. The minimum Gasteiger partial charge on any atom is -0.496 e. The van der Waals surface area contributed by atoms with Gasteiger partial charge in [-0.3, -0.25) is 13.9 Å². The number of benzene rings is 3. The number of rotatable bonds is 13. The maximum Gasteiger partial charge on any atom is 0.264 e. The number of halogens is 2. The normalized spacial score (nSPS) is 12.0. The van der Waals surface area contributed by atoms with Gasteiger partial charge in [-0.05, 0) is 77.7 Å². The van der Waals surface area contributed by atoms with Gasteiger partial charge in [0.1, 0.15) is 18.3 Å². The fourth-order valence-corrected chi connectivity index (χ4v) is 6.60. The maximum atomic E-state index is 14.1. The second-order valence-corrected chi connectivity index (χ2v) is 12.6. The van der Waals surface area contributed by atoms with Crippen LogP contribution < -0.4 is 14.4 Å². The molecule has 1 unspecified atom stereocenters. The van der Waals surface area contributed by atoms with Crippen molar-refractivity contribution in [3.63, 3.8) is 0 Å². The van der Waals surface area contributed by atoms with Crippen molar-refractivity contribution in [1.29, 1.82) is 0 Å². The number of hydrogen-bond acceptors (Lipinski definition) is 5. The number of sulfonamides is 1. The lowest BCUT2D eigenvalue weighted by Crippen LogP contribution is -2.52. The number of methoxy groups -OCH3 is 1. The predicted molar refractivity (Wildman–Crippen MR) is 166 cm³/mol. The Morgan fingerprint density at radius 3 is 2.32 bits per heavy atom. The molecule has 0 saturated heterocycles. The molecule has 0 radical (unpaired) electrons. The summed E-state index contributed by atoms with van der Waals surface area (Å²) < 4.78 is 34.9. The smallest absolute Gasteiger partial charge is 0.264 e. The number of nitrogens with zero attached hydrogens (tertiary/aromatic N) is 2. The van der Waals surface area contributed by atoms with Crippen LogP contribution in [0.15, 0.2) is 76.1 Å². The number of hydrogen-bond donors (Lipinski definition) is 1. The Bertz CT molecular complexity index is 1470. The Labute approximate surface area is 255 Å². The summed E-state index contributed by atoms with van der Waals surface area (Å²) in [5.41, 5.74) is 1.90. The van der Waals surface area contributed by atoms with Crippen LogP contribution in [0.1, 0.15) is 37.8 Å². The highest BCUT2D eigenvalue weighted by Crippen LogP contribution is 2.31. The van der Waals surface area contributed by atoms with Gasteiger partial charge in [0.25, 0.3) is 10.0 Å². The van der Waals surface area contributed by atoms with Gasteiger partial charge in [0.15, 0.2) is 0 Å². The fraction of sp³-hybridized carbons (Fsp3) is 0.333. The van der Waals surface area contributed by atoms with Crippen molar-refractivity contribution in [1.82, 2.24) is 10.2 Å². The van der Waals surface area contributed by atoms with Gasteiger partial charge in [-0.25, -0.2) is 8.42 Å². The summed E-state index contributed by atoms with van der Waals surface area (Å²) in [5.74, 6) is -0.379. The van der Waals surface area contributed by atoms with E-state index in [1.807, 2.05) is 20.8 Å². The molecule has 11 heteroatoms. The zero-order valence-corrected chi connectivity index (χ0v) is 26.7. The van der Waals surface area contributed by atoms with E-state index < -0.39 is 28.5 Å². The van der Waals surface area contributed by atoms with E-state index in [-0.39, 0.29) is 17.3 Å². The molecule has 0 heterocycles. The van der Waals surface area contributed by atoms with E-state index in [1.165, 1.54) is 24.1 Å². The number of ether oxygens (including phenoxy) is 1. The van der Waals surface area contributed by atoms with Crippen LogP contribution in [0.2, 0.25) is 5.02 Å². The molecular formula is C30H35BrClN3O5S. The summed E-state index contributed by atoms with van der Waals surface area (Å²) in [4.78, 5) is 28.7. The predicted octanol–water partition coefficient (Wildman–Crippen LogP) is 5.95. The second kappa shape index (κ2) is 14.7. The number of aryl methyl sites for hydroxylation is 1. The summed E-state index contributed by atoms with van der Waals surface area (Å²) in [7, 11) is -2.73. The van der Waals surface area contributed by atoms with Gasteiger partial charge in [-0.15, -0.1) is 0 Å². The van der Waals surface area contributed by atoms with Crippen molar-refractivity contribution in [2.24, 2.45) is 0 Å². The van der Waals surface area contributed by atoms with Gasteiger partial charge in [0.2, 0.25) is 11.8 Å². The lowest BCUT2D eigenvalue weighted by molar-refractivity contribution is -0.140. The van der Waals surface area contributed by atoms with E-state index in [0.717, 1.165) is 16.3 Å². The van der Waals surface area contributed by atoms with Gasteiger partial charge in [0, 0.05) is 18.1 Å². The summed E-state index contributed by atoms with van der Waals surface area (Å²) in [6, 6.07) is 17.5. The Kier molecular flexibility index (Phi) is 11.6. The largest absolute Gasteiger partial charge is 0.496 e. The van der Waals surface area contributed by atoms with Gasteiger partial charge in [0.05, 0.1) is 22.2 Å². The first-order chi connectivity index (χ1) is 19.5. The molecule has 3 aromatic carbocycles. The van der Waals surface area contributed by atoms with E-state index in [9.17, 15) is 18.0 Å². The average Bonchev–Trinajstić information content (AvgIpc) is 2.95. The van der Waals surface area contributed by atoms with Gasteiger partial charge in [-0.2, -0.15) is 0 Å².